The average molecular weight is 231 g/mol. The molecule has 1 rings (SSSR count). The first-order valence-electron chi connectivity index (χ1n) is 5.01. The molecule has 2 N–H and O–H groups in total. The minimum Gasteiger partial charge on any atom is -0.434 e. The lowest BCUT2D eigenvalue weighted by Crippen LogP contribution is -2.24. The maximum Gasteiger partial charge on any atom is 0.387 e. The van der Waals surface area contributed by atoms with Gasteiger partial charge in [-0.25, -0.2) is 0 Å². The molecule has 0 heterocycles. The third-order valence-electron chi connectivity index (χ3n) is 1.94. The molecule has 3 nitrogen and oxygen atoms in total. The Balaban J connectivity index is 2.56. The fourth-order valence-electron chi connectivity index (χ4n) is 1.28. The van der Waals surface area contributed by atoms with E-state index in [-0.39, 0.29) is 5.75 Å². The standard InChI is InChI=1S/C11H15F2NO2/c1-8(15)6-14-7-9-4-2-3-5-10(9)16-11(12)13/h2-5,8,11,14-15H,6-7H2,1H3. The summed E-state index contributed by atoms with van der Waals surface area (Å²) in [5.74, 6) is 0.163. The number of benzene rings is 1. The van der Waals surface area contributed by atoms with E-state index in [1.807, 2.05) is 0 Å². The summed E-state index contributed by atoms with van der Waals surface area (Å²) in [6.45, 7) is -0.385. The Hall–Kier alpha value is -1.20. The van der Waals surface area contributed by atoms with Crippen LogP contribution in [-0.2, 0) is 6.54 Å². The number of rotatable bonds is 6. The van der Waals surface area contributed by atoms with Crippen molar-refractivity contribution in [1.82, 2.24) is 5.32 Å². The molecule has 0 saturated heterocycles. The fraction of sp³-hybridized carbons (Fsp3) is 0.455. The number of ether oxygens (including phenoxy) is 1. The second-order valence-electron chi connectivity index (χ2n) is 3.47. The number of alkyl halides is 2. The molecule has 5 heteroatoms. The number of nitrogens with one attached hydrogen (secondary N) is 1. The van der Waals surface area contributed by atoms with Crippen LogP contribution >= 0.6 is 0 Å². The number of halogens is 2. The van der Waals surface area contributed by atoms with E-state index < -0.39 is 12.7 Å². The van der Waals surface area contributed by atoms with Gasteiger partial charge in [0.25, 0.3) is 0 Å². The summed E-state index contributed by atoms with van der Waals surface area (Å²) in [7, 11) is 0. The van der Waals surface area contributed by atoms with Crippen molar-refractivity contribution >= 4 is 0 Å². The topological polar surface area (TPSA) is 41.5 Å². The highest BCUT2D eigenvalue weighted by Gasteiger charge is 2.08. The molecular formula is C11H15F2NO2. The minimum absolute atomic E-state index is 0.163. The second-order valence-corrected chi connectivity index (χ2v) is 3.47. The van der Waals surface area contributed by atoms with E-state index >= 15 is 0 Å². The largest absolute Gasteiger partial charge is 0.434 e. The summed E-state index contributed by atoms with van der Waals surface area (Å²) in [6.07, 6.45) is -0.469. The highest BCUT2D eigenvalue weighted by Crippen LogP contribution is 2.19. The SMILES string of the molecule is CC(O)CNCc1ccccc1OC(F)F. The smallest absolute Gasteiger partial charge is 0.387 e. The van der Waals surface area contributed by atoms with Crippen molar-refractivity contribution in [2.75, 3.05) is 6.54 Å². The zero-order chi connectivity index (χ0) is 12.0. The molecule has 1 aromatic carbocycles. The molecule has 0 fully saturated rings. The van der Waals surface area contributed by atoms with Crippen molar-refractivity contribution < 1.29 is 18.6 Å². The number of hydrogen-bond donors (Lipinski definition) is 2. The van der Waals surface area contributed by atoms with Gasteiger partial charge in [-0.3, -0.25) is 0 Å². The Kier molecular flexibility index (Phi) is 5.14. The summed E-state index contributed by atoms with van der Waals surface area (Å²) in [6, 6.07) is 6.58. The molecule has 0 aliphatic rings. The fourth-order valence-corrected chi connectivity index (χ4v) is 1.28. The van der Waals surface area contributed by atoms with Crippen LogP contribution in [-0.4, -0.2) is 24.4 Å². The van der Waals surface area contributed by atoms with Gasteiger partial charge in [0.2, 0.25) is 0 Å². The van der Waals surface area contributed by atoms with Gasteiger partial charge in [-0.2, -0.15) is 8.78 Å². The van der Waals surface area contributed by atoms with Crippen LogP contribution in [0.3, 0.4) is 0 Å². The van der Waals surface area contributed by atoms with Gasteiger partial charge in [0.15, 0.2) is 0 Å². The van der Waals surface area contributed by atoms with Crippen molar-refractivity contribution in [3.63, 3.8) is 0 Å². The third-order valence-corrected chi connectivity index (χ3v) is 1.94. The van der Waals surface area contributed by atoms with Crippen LogP contribution < -0.4 is 10.1 Å². The number of aliphatic hydroxyl groups excluding tert-OH is 1. The van der Waals surface area contributed by atoms with Gasteiger partial charge < -0.3 is 15.2 Å². The van der Waals surface area contributed by atoms with Crippen LogP contribution in [0.25, 0.3) is 0 Å². The van der Waals surface area contributed by atoms with Crippen LogP contribution in [0.4, 0.5) is 8.78 Å². The van der Waals surface area contributed by atoms with Crippen molar-refractivity contribution in [2.45, 2.75) is 26.2 Å². The molecule has 16 heavy (non-hydrogen) atoms. The van der Waals surface area contributed by atoms with E-state index in [4.69, 9.17) is 5.11 Å². The molecule has 0 saturated carbocycles. The number of hydrogen-bond acceptors (Lipinski definition) is 3. The van der Waals surface area contributed by atoms with Crippen molar-refractivity contribution in [3.8, 4) is 5.75 Å². The van der Waals surface area contributed by atoms with Crippen LogP contribution in [0.5, 0.6) is 5.75 Å². The highest BCUT2D eigenvalue weighted by atomic mass is 19.3. The first kappa shape index (κ1) is 12.9. The molecule has 0 aromatic heterocycles. The Morgan fingerprint density at radius 1 is 1.38 bits per heavy atom. The monoisotopic (exact) mass is 231 g/mol. The molecule has 0 amide bonds. The zero-order valence-electron chi connectivity index (χ0n) is 8.99. The lowest BCUT2D eigenvalue weighted by molar-refractivity contribution is -0.0505. The van der Waals surface area contributed by atoms with Crippen LogP contribution in [0.2, 0.25) is 0 Å². The van der Waals surface area contributed by atoms with E-state index in [2.05, 4.69) is 10.1 Å². The predicted octanol–water partition coefficient (Wildman–Crippen LogP) is 1.76. The summed E-state index contributed by atoms with van der Waals surface area (Å²) >= 11 is 0. The summed E-state index contributed by atoms with van der Waals surface area (Å²) < 4.78 is 28.5. The summed E-state index contributed by atoms with van der Waals surface area (Å²) in [5, 5.41) is 12.0. The van der Waals surface area contributed by atoms with Crippen LogP contribution in [0.15, 0.2) is 24.3 Å². The molecule has 0 aliphatic heterocycles. The maximum absolute atomic E-state index is 12.1. The van der Waals surface area contributed by atoms with Crippen LogP contribution in [0.1, 0.15) is 12.5 Å². The van der Waals surface area contributed by atoms with Gasteiger partial charge in [-0.15, -0.1) is 0 Å². The van der Waals surface area contributed by atoms with Crippen molar-refractivity contribution in [3.05, 3.63) is 29.8 Å². The lowest BCUT2D eigenvalue weighted by atomic mass is 10.2. The molecule has 0 spiro atoms. The predicted molar refractivity (Wildman–Crippen MR) is 56.5 cm³/mol. The first-order valence-corrected chi connectivity index (χ1v) is 5.01. The highest BCUT2D eigenvalue weighted by molar-refractivity contribution is 5.33. The molecule has 0 bridgehead atoms. The quantitative estimate of drug-likeness (QED) is 0.783. The zero-order valence-corrected chi connectivity index (χ0v) is 8.99. The Bertz CT molecular complexity index is 319. The molecule has 1 aromatic rings. The van der Waals surface area contributed by atoms with Gasteiger partial charge in [0.05, 0.1) is 6.10 Å². The molecule has 90 valence electrons. The molecular weight excluding hydrogens is 216 g/mol. The van der Waals surface area contributed by atoms with E-state index in [1.54, 1.807) is 25.1 Å². The molecule has 0 radical (unpaired) electrons. The lowest BCUT2D eigenvalue weighted by Gasteiger charge is -2.11. The Morgan fingerprint density at radius 3 is 2.69 bits per heavy atom. The average Bonchev–Trinajstić information content (AvgIpc) is 2.19. The Labute approximate surface area is 93.0 Å². The van der Waals surface area contributed by atoms with Crippen molar-refractivity contribution in [2.24, 2.45) is 0 Å². The van der Waals surface area contributed by atoms with Crippen molar-refractivity contribution in [1.29, 1.82) is 0 Å². The minimum atomic E-state index is -2.82. The van der Waals surface area contributed by atoms with E-state index in [1.165, 1.54) is 6.07 Å². The van der Waals surface area contributed by atoms with Gasteiger partial charge in [-0.1, -0.05) is 18.2 Å². The number of para-hydroxylation sites is 1. The molecule has 0 aliphatic carbocycles. The molecule has 1 atom stereocenters. The van der Waals surface area contributed by atoms with Gasteiger partial charge in [-0.05, 0) is 13.0 Å². The maximum atomic E-state index is 12.1. The first-order chi connectivity index (χ1) is 7.59. The summed E-state index contributed by atoms with van der Waals surface area (Å²) in [4.78, 5) is 0. The second kappa shape index (κ2) is 6.40. The van der Waals surface area contributed by atoms with Gasteiger partial charge in [0.1, 0.15) is 5.75 Å². The van der Waals surface area contributed by atoms with Gasteiger partial charge in [0, 0.05) is 18.7 Å². The van der Waals surface area contributed by atoms with Crippen LogP contribution in [0, 0.1) is 0 Å². The normalized spacial score (nSPS) is 12.8. The van der Waals surface area contributed by atoms with E-state index in [9.17, 15) is 8.78 Å². The summed E-state index contributed by atoms with van der Waals surface area (Å²) in [5.41, 5.74) is 0.642. The van der Waals surface area contributed by atoms with E-state index in [0.29, 0.717) is 18.7 Å². The van der Waals surface area contributed by atoms with E-state index in [0.717, 1.165) is 0 Å². The third kappa shape index (κ3) is 4.55. The number of aliphatic hydroxyl groups is 1. The molecule has 1 unspecified atom stereocenters. The van der Waals surface area contributed by atoms with Gasteiger partial charge >= 0.3 is 6.61 Å². The Morgan fingerprint density at radius 2 is 2.06 bits per heavy atom.